The highest BCUT2D eigenvalue weighted by molar-refractivity contribution is 6.07. The summed E-state index contributed by atoms with van der Waals surface area (Å²) in [7, 11) is 0. The third-order valence-corrected chi connectivity index (χ3v) is 3.94. The van der Waals surface area contributed by atoms with E-state index in [1.54, 1.807) is 30.3 Å². The van der Waals surface area contributed by atoms with Gasteiger partial charge in [0.2, 0.25) is 11.8 Å². The number of amides is 2. The Bertz CT molecular complexity index is 867. The van der Waals surface area contributed by atoms with Gasteiger partial charge in [0.05, 0.1) is 0 Å². The Hall–Kier alpha value is -3.21. The fourth-order valence-electron chi connectivity index (χ4n) is 2.69. The Balaban J connectivity index is 1.70. The second kappa shape index (κ2) is 7.13. The summed E-state index contributed by atoms with van der Waals surface area (Å²) in [4.78, 5) is 34.7. The molecule has 1 heterocycles. The Morgan fingerprint density at radius 1 is 1.08 bits per heavy atom. The predicted molar refractivity (Wildman–Crippen MR) is 97.5 cm³/mol. The lowest BCUT2D eigenvalue weighted by Gasteiger charge is -2.16. The van der Waals surface area contributed by atoms with Crippen LogP contribution < -0.4 is 10.6 Å². The van der Waals surface area contributed by atoms with E-state index in [-0.39, 0.29) is 17.6 Å². The van der Waals surface area contributed by atoms with E-state index in [0.717, 1.165) is 16.8 Å². The van der Waals surface area contributed by atoms with E-state index in [1.165, 1.54) is 13.0 Å². The van der Waals surface area contributed by atoms with Crippen LogP contribution in [0.2, 0.25) is 0 Å². The number of hydrogen-bond acceptors (Lipinski definition) is 3. The van der Waals surface area contributed by atoms with Crippen LogP contribution in [0.1, 0.15) is 34.8 Å². The summed E-state index contributed by atoms with van der Waals surface area (Å²) < 4.78 is 0. The topological polar surface area (TPSA) is 75.3 Å². The molecule has 2 aromatic carbocycles. The van der Waals surface area contributed by atoms with Crippen LogP contribution in [-0.2, 0) is 16.0 Å². The van der Waals surface area contributed by atoms with Gasteiger partial charge in [-0.05, 0) is 54.0 Å². The number of ketones is 1. The first-order chi connectivity index (χ1) is 12.0. The van der Waals surface area contributed by atoms with Crippen molar-refractivity contribution in [3.05, 3.63) is 65.2 Å². The molecule has 0 aromatic heterocycles. The monoisotopic (exact) mass is 334 g/mol. The maximum Gasteiger partial charge on any atom is 0.224 e. The van der Waals surface area contributed by atoms with Crippen molar-refractivity contribution in [2.45, 2.75) is 19.8 Å². The summed E-state index contributed by atoms with van der Waals surface area (Å²) in [5.74, 6) is -0.207. The van der Waals surface area contributed by atoms with Gasteiger partial charge in [-0.2, -0.15) is 0 Å². The van der Waals surface area contributed by atoms with E-state index < -0.39 is 0 Å². The number of fused-ring (bicyclic) bond motifs is 1. The zero-order valence-corrected chi connectivity index (χ0v) is 13.8. The SMILES string of the molecule is CC(=O)Nc1ccc(/C=C\C(=O)c2ccc3c(c2)CCC(=O)N3)cc1. The van der Waals surface area contributed by atoms with Crippen LogP contribution in [0.5, 0.6) is 0 Å². The Morgan fingerprint density at radius 2 is 1.84 bits per heavy atom. The summed E-state index contributed by atoms with van der Waals surface area (Å²) in [6.07, 6.45) is 4.36. The van der Waals surface area contributed by atoms with Crippen molar-refractivity contribution >= 4 is 35.0 Å². The number of allylic oxidation sites excluding steroid dienone is 1. The summed E-state index contributed by atoms with van der Waals surface area (Å²) in [5.41, 5.74) is 3.95. The predicted octanol–water partition coefficient (Wildman–Crippen LogP) is 3.43. The quantitative estimate of drug-likeness (QED) is 0.664. The van der Waals surface area contributed by atoms with Crippen LogP contribution in [-0.4, -0.2) is 17.6 Å². The third-order valence-electron chi connectivity index (χ3n) is 3.94. The van der Waals surface area contributed by atoms with Crippen molar-refractivity contribution in [1.29, 1.82) is 0 Å². The minimum atomic E-state index is -0.123. The van der Waals surface area contributed by atoms with Crippen LogP contribution in [0.3, 0.4) is 0 Å². The number of carbonyl (C=O) groups excluding carboxylic acids is 3. The van der Waals surface area contributed by atoms with Crippen LogP contribution in [0.15, 0.2) is 48.5 Å². The second-order valence-corrected chi connectivity index (χ2v) is 5.92. The lowest BCUT2D eigenvalue weighted by molar-refractivity contribution is -0.116. The largest absolute Gasteiger partial charge is 0.326 e. The van der Waals surface area contributed by atoms with Gasteiger partial charge in [0.25, 0.3) is 0 Å². The van der Waals surface area contributed by atoms with Crippen molar-refractivity contribution in [3.8, 4) is 0 Å². The van der Waals surface area contributed by atoms with Gasteiger partial charge in [-0.1, -0.05) is 18.2 Å². The van der Waals surface area contributed by atoms with Crippen LogP contribution in [0.4, 0.5) is 11.4 Å². The lowest BCUT2D eigenvalue weighted by atomic mass is 9.98. The summed E-state index contributed by atoms with van der Waals surface area (Å²) in [6, 6.07) is 12.6. The van der Waals surface area contributed by atoms with Gasteiger partial charge in [-0.15, -0.1) is 0 Å². The molecule has 0 aliphatic carbocycles. The highest BCUT2D eigenvalue weighted by Gasteiger charge is 2.15. The minimum Gasteiger partial charge on any atom is -0.326 e. The molecule has 5 heteroatoms. The molecule has 0 atom stereocenters. The molecule has 0 spiro atoms. The van der Waals surface area contributed by atoms with E-state index >= 15 is 0 Å². The van der Waals surface area contributed by atoms with Gasteiger partial charge in [0, 0.05) is 30.3 Å². The molecule has 3 rings (SSSR count). The number of hydrogen-bond donors (Lipinski definition) is 2. The molecule has 2 N–H and O–H groups in total. The molecule has 5 nitrogen and oxygen atoms in total. The average molecular weight is 334 g/mol. The molecule has 2 aromatic rings. The van der Waals surface area contributed by atoms with Gasteiger partial charge >= 0.3 is 0 Å². The van der Waals surface area contributed by atoms with Gasteiger partial charge in [0.1, 0.15) is 0 Å². The fourth-order valence-corrected chi connectivity index (χ4v) is 2.69. The summed E-state index contributed by atoms with van der Waals surface area (Å²) in [5, 5.41) is 5.50. The van der Waals surface area contributed by atoms with Crippen LogP contribution >= 0.6 is 0 Å². The number of carbonyl (C=O) groups is 3. The first-order valence-corrected chi connectivity index (χ1v) is 8.04. The zero-order chi connectivity index (χ0) is 17.8. The molecule has 1 aliphatic heterocycles. The summed E-state index contributed by atoms with van der Waals surface area (Å²) in [6.45, 7) is 1.45. The molecular formula is C20H18N2O3. The fraction of sp³-hybridized carbons (Fsp3) is 0.150. The molecule has 0 fully saturated rings. The maximum absolute atomic E-state index is 12.3. The average Bonchev–Trinajstić information content (AvgIpc) is 2.60. The molecule has 0 saturated carbocycles. The number of benzene rings is 2. The molecule has 0 saturated heterocycles. The number of anilines is 2. The Kier molecular flexibility index (Phi) is 4.75. The summed E-state index contributed by atoms with van der Waals surface area (Å²) >= 11 is 0. The highest BCUT2D eigenvalue weighted by atomic mass is 16.2. The van der Waals surface area contributed by atoms with Gasteiger partial charge in [0.15, 0.2) is 5.78 Å². The van der Waals surface area contributed by atoms with Crippen LogP contribution in [0, 0.1) is 0 Å². The Labute approximate surface area is 145 Å². The van der Waals surface area contributed by atoms with Crippen molar-refractivity contribution in [2.75, 3.05) is 10.6 Å². The van der Waals surface area contributed by atoms with E-state index in [4.69, 9.17) is 0 Å². The minimum absolute atomic E-state index is 0.00850. The number of rotatable bonds is 4. The van der Waals surface area contributed by atoms with E-state index in [2.05, 4.69) is 10.6 Å². The van der Waals surface area contributed by atoms with Crippen molar-refractivity contribution < 1.29 is 14.4 Å². The van der Waals surface area contributed by atoms with Crippen molar-refractivity contribution in [1.82, 2.24) is 0 Å². The molecule has 0 radical (unpaired) electrons. The highest BCUT2D eigenvalue weighted by Crippen LogP contribution is 2.24. The zero-order valence-electron chi connectivity index (χ0n) is 13.8. The van der Waals surface area contributed by atoms with Gasteiger partial charge in [-0.3, -0.25) is 14.4 Å². The molecule has 2 amide bonds. The van der Waals surface area contributed by atoms with E-state index in [0.29, 0.717) is 24.1 Å². The van der Waals surface area contributed by atoms with E-state index in [9.17, 15) is 14.4 Å². The first-order valence-electron chi connectivity index (χ1n) is 8.04. The van der Waals surface area contributed by atoms with Gasteiger partial charge < -0.3 is 10.6 Å². The smallest absolute Gasteiger partial charge is 0.224 e. The first kappa shape index (κ1) is 16.6. The number of aryl methyl sites for hydroxylation is 1. The molecule has 1 aliphatic rings. The molecular weight excluding hydrogens is 316 g/mol. The van der Waals surface area contributed by atoms with Crippen LogP contribution in [0.25, 0.3) is 6.08 Å². The lowest BCUT2D eigenvalue weighted by Crippen LogP contribution is -2.19. The number of nitrogens with one attached hydrogen (secondary N) is 2. The Morgan fingerprint density at radius 3 is 2.56 bits per heavy atom. The van der Waals surface area contributed by atoms with Crippen molar-refractivity contribution in [2.24, 2.45) is 0 Å². The van der Waals surface area contributed by atoms with Gasteiger partial charge in [-0.25, -0.2) is 0 Å². The standard InChI is InChI=1S/C20H18N2O3/c1-13(23)21-17-7-2-14(3-8-17)4-10-19(24)16-5-9-18-15(12-16)6-11-20(25)22-18/h2-5,7-10,12H,6,11H2,1H3,(H,21,23)(H,22,25)/b10-4-. The second-order valence-electron chi connectivity index (χ2n) is 5.92. The van der Waals surface area contributed by atoms with Crippen molar-refractivity contribution in [3.63, 3.8) is 0 Å². The third kappa shape index (κ3) is 4.20. The van der Waals surface area contributed by atoms with E-state index in [1.807, 2.05) is 18.2 Å². The molecule has 126 valence electrons. The molecule has 0 bridgehead atoms. The molecule has 25 heavy (non-hydrogen) atoms. The normalized spacial score (nSPS) is 13.2. The molecule has 0 unspecified atom stereocenters. The maximum atomic E-state index is 12.3.